The zero-order valence-electron chi connectivity index (χ0n) is 13.7. The van der Waals surface area contributed by atoms with Crippen molar-refractivity contribution < 1.29 is 19.1 Å². The van der Waals surface area contributed by atoms with Gasteiger partial charge < -0.3 is 10.4 Å². The van der Waals surface area contributed by atoms with Crippen molar-refractivity contribution in [2.24, 2.45) is 5.92 Å². The van der Waals surface area contributed by atoms with Gasteiger partial charge in [0.1, 0.15) is 5.82 Å². The molecule has 0 bridgehead atoms. The molecule has 2 saturated carbocycles. The Hall–Kier alpha value is -1.95. The first-order valence-electron chi connectivity index (χ1n) is 8.49. The van der Waals surface area contributed by atoms with Crippen LogP contribution in [0.1, 0.15) is 37.7 Å². The van der Waals surface area contributed by atoms with Crippen LogP contribution in [0.15, 0.2) is 24.3 Å². The normalized spacial score (nSPS) is 28.3. The lowest BCUT2D eigenvalue weighted by molar-refractivity contribution is -0.139. The van der Waals surface area contributed by atoms with Crippen molar-refractivity contribution in [3.8, 4) is 0 Å². The second-order valence-corrected chi connectivity index (χ2v) is 6.79. The van der Waals surface area contributed by atoms with Gasteiger partial charge in [-0.15, -0.1) is 0 Å². The number of amides is 1. The van der Waals surface area contributed by atoms with Crippen LogP contribution in [0.25, 0.3) is 0 Å². The third-order valence-electron chi connectivity index (χ3n) is 5.15. The summed E-state index contributed by atoms with van der Waals surface area (Å²) >= 11 is 0. The molecule has 0 aliphatic heterocycles. The highest BCUT2D eigenvalue weighted by Crippen LogP contribution is 2.47. The topological polar surface area (TPSA) is 69.6 Å². The van der Waals surface area contributed by atoms with Gasteiger partial charge >= 0.3 is 5.97 Å². The molecule has 1 aromatic rings. The summed E-state index contributed by atoms with van der Waals surface area (Å²) in [5.74, 6) is -0.835. The third-order valence-corrected chi connectivity index (χ3v) is 5.15. The van der Waals surface area contributed by atoms with Gasteiger partial charge in [-0.1, -0.05) is 19.1 Å². The van der Waals surface area contributed by atoms with E-state index in [0.717, 1.165) is 24.8 Å². The summed E-state index contributed by atoms with van der Waals surface area (Å²) in [6.45, 7) is 2.70. The van der Waals surface area contributed by atoms with E-state index >= 15 is 0 Å². The van der Waals surface area contributed by atoms with Gasteiger partial charge in [-0.05, 0) is 49.4 Å². The van der Waals surface area contributed by atoms with Crippen LogP contribution in [0.3, 0.4) is 0 Å². The number of likely N-dealkylation sites (N-methyl/N-ethyl adjacent to an activating group) is 1. The standard InChI is InChI=1S/C18H23FN2O3/c1-2-21(10-17(22)23)14-7-13(8-14)20-18(24)16-9-15(16)11-3-5-12(19)6-4-11/h3-6,13-16H,2,7-10H2,1H3,(H,20,24)(H,22,23). The molecule has 0 aromatic heterocycles. The number of carbonyl (C=O) groups is 2. The number of nitrogens with zero attached hydrogens (tertiary/aromatic N) is 1. The molecule has 5 nitrogen and oxygen atoms in total. The number of aliphatic carboxylic acids is 1. The summed E-state index contributed by atoms with van der Waals surface area (Å²) < 4.78 is 12.9. The SMILES string of the molecule is CCN(CC(=O)O)C1CC(NC(=O)C2CC2c2ccc(F)cc2)C1. The smallest absolute Gasteiger partial charge is 0.317 e. The largest absolute Gasteiger partial charge is 0.480 e. The van der Waals surface area contributed by atoms with Gasteiger partial charge in [-0.3, -0.25) is 14.5 Å². The molecule has 2 aliphatic carbocycles. The highest BCUT2D eigenvalue weighted by atomic mass is 19.1. The van der Waals surface area contributed by atoms with E-state index in [1.807, 2.05) is 11.8 Å². The predicted octanol–water partition coefficient (Wildman–Crippen LogP) is 1.98. The van der Waals surface area contributed by atoms with Gasteiger partial charge in [0.25, 0.3) is 0 Å². The first-order chi connectivity index (χ1) is 11.5. The molecule has 0 saturated heterocycles. The molecule has 6 heteroatoms. The molecular formula is C18H23FN2O3. The fourth-order valence-corrected chi connectivity index (χ4v) is 3.55. The van der Waals surface area contributed by atoms with E-state index in [1.165, 1.54) is 12.1 Å². The van der Waals surface area contributed by atoms with Crippen molar-refractivity contribution >= 4 is 11.9 Å². The quantitative estimate of drug-likeness (QED) is 0.800. The summed E-state index contributed by atoms with van der Waals surface area (Å²) in [6.07, 6.45) is 2.43. The first kappa shape index (κ1) is 16.9. The van der Waals surface area contributed by atoms with E-state index in [0.29, 0.717) is 6.54 Å². The molecule has 0 heterocycles. The highest BCUT2D eigenvalue weighted by Gasteiger charge is 2.45. The van der Waals surface area contributed by atoms with E-state index in [1.54, 1.807) is 12.1 Å². The molecule has 1 aromatic carbocycles. The van der Waals surface area contributed by atoms with Crippen molar-refractivity contribution in [3.05, 3.63) is 35.6 Å². The minimum Gasteiger partial charge on any atom is -0.480 e. The lowest BCUT2D eigenvalue weighted by Crippen LogP contribution is -2.55. The monoisotopic (exact) mass is 334 g/mol. The van der Waals surface area contributed by atoms with Crippen molar-refractivity contribution in [3.63, 3.8) is 0 Å². The van der Waals surface area contributed by atoms with Crippen molar-refractivity contribution in [2.75, 3.05) is 13.1 Å². The molecule has 0 radical (unpaired) electrons. The lowest BCUT2D eigenvalue weighted by Gasteiger charge is -2.42. The number of hydrogen-bond acceptors (Lipinski definition) is 3. The maximum Gasteiger partial charge on any atom is 0.317 e. The number of nitrogens with one attached hydrogen (secondary N) is 1. The second kappa shape index (κ2) is 6.89. The Bertz CT molecular complexity index is 613. The molecule has 3 rings (SSSR count). The fraction of sp³-hybridized carbons (Fsp3) is 0.556. The van der Waals surface area contributed by atoms with E-state index < -0.39 is 5.97 Å². The summed E-state index contributed by atoms with van der Waals surface area (Å²) in [5.41, 5.74) is 1.02. The molecule has 2 N–H and O–H groups in total. The second-order valence-electron chi connectivity index (χ2n) is 6.79. The van der Waals surface area contributed by atoms with Gasteiger partial charge in [0.2, 0.25) is 5.91 Å². The zero-order chi connectivity index (χ0) is 17.3. The number of carboxylic acids is 1. The summed E-state index contributed by atoms with van der Waals surface area (Å²) in [7, 11) is 0. The Labute approximate surface area is 140 Å². The van der Waals surface area contributed by atoms with Gasteiger partial charge in [-0.2, -0.15) is 0 Å². The molecule has 0 spiro atoms. The fourth-order valence-electron chi connectivity index (χ4n) is 3.55. The molecule has 1 amide bonds. The van der Waals surface area contributed by atoms with Gasteiger partial charge in [-0.25, -0.2) is 4.39 Å². The number of carboxylic acid groups (broad SMARTS) is 1. The van der Waals surface area contributed by atoms with Crippen LogP contribution in [0, 0.1) is 11.7 Å². The van der Waals surface area contributed by atoms with Crippen LogP contribution < -0.4 is 5.32 Å². The minimum absolute atomic E-state index is 0.0178. The average Bonchev–Trinajstić information content (AvgIpc) is 3.29. The Kier molecular flexibility index (Phi) is 4.85. The number of carbonyl (C=O) groups excluding carboxylic acids is 1. The van der Waals surface area contributed by atoms with Crippen LogP contribution >= 0.6 is 0 Å². The average molecular weight is 334 g/mol. The zero-order valence-corrected chi connectivity index (χ0v) is 13.7. The predicted molar refractivity (Wildman–Crippen MR) is 87.1 cm³/mol. The summed E-state index contributed by atoms with van der Waals surface area (Å²) in [6, 6.07) is 6.74. The van der Waals surface area contributed by atoms with Crippen LogP contribution in [-0.2, 0) is 9.59 Å². The van der Waals surface area contributed by atoms with Crippen molar-refractivity contribution in [1.82, 2.24) is 10.2 Å². The minimum atomic E-state index is -0.815. The van der Waals surface area contributed by atoms with Crippen LogP contribution in [-0.4, -0.2) is 47.1 Å². The van der Waals surface area contributed by atoms with Crippen molar-refractivity contribution in [1.29, 1.82) is 0 Å². The van der Waals surface area contributed by atoms with Gasteiger partial charge in [0.05, 0.1) is 6.54 Å². The first-order valence-corrected chi connectivity index (χ1v) is 8.49. The lowest BCUT2D eigenvalue weighted by atomic mass is 9.85. The summed E-state index contributed by atoms with van der Waals surface area (Å²) in [5, 5.41) is 12.0. The van der Waals surface area contributed by atoms with Crippen LogP contribution in [0.4, 0.5) is 4.39 Å². The van der Waals surface area contributed by atoms with E-state index in [4.69, 9.17) is 5.11 Å². The maximum atomic E-state index is 12.9. The number of hydrogen-bond donors (Lipinski definition) is 2. The Balaban J connectivity index is 1.43. The number of rotatable bonds is 7. The van der Waals surface area contributed by atoms with E-state index in [2.05, 4.69) is 5.32 Å². The Morgan fingerprint density at radius 1 is 1.25 bits per heavy atom. The molecule has 2 unspecified atom stereocenters. The van der Waals surface area contributed by atoms with Crippen LogP contribution in [0.5, 0.6) is 0 Å². The van der Waals surface area contributed by atoms with Gasteiger partial charge in [0, 0.05) is 18.0 Å². The molecular weight excluding hydrogens is 311 g/mol. The number of benzene rings is 1. The molecule has 2 aliphatic rings. The molecule has 24 heavy (non-hydrogen) atoms. The van der Waals surface area contributed by atoms with Crippen LogP contribution in [0.2, 0.25) is 0 Å². The molecule has 2 fully saturated rings. The van der Waals surface area contributed by atoms with Crippen molar-refractivity contribution in [2.45, 2.75) is 44.2 Å². The third kappa shape index (κ3) is 3.75. The van der Waals surface area contributed by atoms with Gasteiger partial charge in [0.15, 0.2) is 0 Å². The van der Waals surface area contributed by atoms with E-state index in [9.17, 15) is 14.0 Å². The Morgan fingerprint density at radius 2 is 1.92 bits per heavy atom. The molecule has 2 atom stereocenters. The summed E-state index contributed by atoms with van der Waals surface area (Å²) in [4.78, 5) is 25.1. The van der Waals surface area contributed by atoms with E-state index in [-0.39, 0.29) is 42.2 Å². The Morgan fingerprint density at radius 3 is 2.50 bits per heavy atom. The maximum absolute atomic E-state index is 12.9. The highest BCUT2D eigenvalue weighted by molar-refractivity contribution is 5.83. The molecule has 130 valence electrons. The number of halogens is 1.